The number of carbonyl (C=O) groups is 1. The fraction of sp³-hybridized carbons (Fsp3) is 0.917. The molecule has 3 nitrogen and oxygen atoms in total. The van der Waals surface area contributed by atoms with Crippen molar-refractivity contribution in [3.63, 3.8) is 0 Å². The largest absolute Gasteiger partial charge is 0.380 e. The van der Waals surface area contributed by atoms with Crippen molar-refractivity contribution >= 4 is 5.91 Å². The van der Waals surface area contributed by atoms with Crippen LogP contribution in [0.4, 0.5) is 0 Å². The van der Waals surface area contributed by atoms with Gasteiger partial charge in [-0.1, -0.05) is 6.92 Å². The maximum absolute atomic E-state index is 11.8. The smallest absolute Gasteiger partial charge is 0.223 e. The fourth-order valence-corrected chi connectivity index (χ4v) is 2.93. The lowest BCUT2D eigenvalue weighted by Gasteiger charge is -2.38. The normalized spacial score (nSPS) is 40.5. The van der Waals surface area contributed by atoms with Gasteiger partial charge in [-0.25, -0.2) is 0 Å². The van der Waals surface area contributed by atoms with Crippen molar-refractivity contribution in [2.24, 2.45) is 23.2 Å². The van der Waals surface area contributed by atoms with E-state index in [-0.39, 0.29) is 11.3 Å². The summed E-state index contributed by atoms with van der Waals surface area (Å²) in [6.07, 6.45) is 3.67. The number of hydrogen-bond donors (Lipinski definition) is 1. The molecule has 1 saturated heterocycles. The van der Waals surface area contributed by atoms with E-state index in [1.165, 1.54) is 6.42 Å². The van der Waals surface area contributed by atoms with Crippen molar-refractivity contribution < 1.29 is 9.53 Å². The monoisotopic (exact) mass is 209 g/mol. The Labute approximate surface area is 90.6 Å². The van der Waals surface area contributed by atoms with Gasteiger partial charge in [-0.2, -0.15) is 0 Å². The standard InChI is InChI=1S/C12H19NO2/c1-12(6-15-7-12)5-13-11(14)10-3-8-2-9(8)4-10/h8-10H,2-7H2,1H3,(H,13,14). The second-order valence-electron chi connectivity index (χ2n) is 5.95. The number of ether oxygens (including phenoxy) is 1. The van der Waals surface area contributed by atoms with Gasteiger partial charge < -0.3 is 10.1 Å². The summed E-state index contributed by atoms with van der Waals surface area (Å²) >= 11 is 0. The Bertz CT molecular complexity index is 275. The molecule has 0 aromatic carbocycles. The molecule has 84 valence electrons. The molecule has 1 amide bonds. The first kappa shape index (κ1) is 9.64. The van der Waals surface area contributed by atoms with Gasteiger partial charge in [-0.3, -0.25) is 4.79 Å². The van der Waals surface area contributed by atoms with Crippen LogP contribution in [0, 0.1) is 23.2 Å². The molecular weight excluding hydrogens is 190 g/mol. The molecule has 3 heteroatoms. The molecule has 2 atom stereocenters. The topological polar surface area (TPSA) is 38.3 Å². The summed E-state index contributed by atoms with van der Waals surface area (Å²) in [4.78, 5) is 11.8. The van der Waals surface area contributed by atoms with Crippen LogP contribution in [0.5, 0.6) is 0 Å². The number of amides is 1. The highest BCUT2D eigenvalue weighted by Gasteiger charge is 2.48. The first-order valence-electron chi connectivity index (χ1n) is 6.02. The van der Waals surface area contributed by atoms with E-state index >= 15 is 0 Å². The Morgan fingerprint density at radius 3 is 2.53 bits per heavy atom. The number of fused-ring (bicyclic) bond motifs is 1. The van der Waals surface area contributed by atoms with Gasteiger partial charge in [-0.15, -0.1) is 0 Å². The van der Waals surface area contributed by atoms with E-state index in [4.69, 9.17) is 4.74 Å². The average Bonchev–Trinajstić information content (AvgIpc) is 2.79. The van der Waals surface area contributed by atoms with Crippen molar-refractivity contribution in [2.75, 3.05) is 19.8 Å². The quantitative estimate of drug-likeness (QED) is 0.758. The molecule has 0 spiro atoms. The molecule has 15 heavy (non-hydrogen) atoms. The van der Waals surface area contributed by atoms with Crippen LogP contribution in [-0.2, 0) is 9.53 Å². The first-order valence-corrected chi connectivity index (χ1v) is 6.02. The van der Waals surface area contributed by atoms with E-state index in [2.05, 4.69) is 12.2 Å². The summed E-state index contributed by atoms with van der Waals surface area (Å²) in [6.45, 7) is 4.55. The molecule has 1 heterocycles. The third-order valence-corrected chi connectivity index (χ3v) is 4.20. The van der Waals surface area contributed by atoms with Gasteiger partial charge in [0, 0.05) is 17.9 Å². The average molecular weight is 209 g/mol. The van der Waals surface area contributed by atoms with Crippen molar-refractivity contribution in [3.8, 4) is 0 Å². The van der Waals surface area contributed by atoms with E-state index in [0.29, 0.717) is 5.92 Å². The lowest BCUT2D eigenvalue weighted by atomic mass is 9.88. The predicted octanol–water partition coefficient (Wildman–Crippen LogP) is 1.19. The van der Waals surface area contributed by atoms with Gasteiger partial charge >= 0.3 is 0 Å². The molecule has 2 unspecified atom stereocenters. The maximum Gasteiger partial charge on any atom is 0.223 e. The molecule has 0 bridgehead atoms. The summed E-state index contributed by atoms with van der Waals surface area (Å²) in [6, 6.07) is 0. The molecule has 3 fully saturated rings. The minimum absolute atomic E-state index is 0.206. The lowest BCUT2D eigenvalue weighted by molar-refractivity contribution is -0.130. The molecule has 2 aliphatic carbocycles. The Morgan fingerprint density at radius 1 is 1.33 bits per heavy atom. The minimum atomic E-state index is 0.206. The van der Waals surface area contributed by atoms with Gasteiger partial charge in [0.25, 0.3) is 0 Å². The molecule has 3 rings (SSSR count). The predicted molar refractivity (Wildman–Crippen MR) is 56.3 cm³/mol. The van der Waals surface area contributed by atoms with Gasteiger partial charge in [0.2, 0.25) is 5.91 Å². The van der Waals surface area contributed by atoms with Crippen LogP contribution in [0.15, 0.2) is 0 Å². The van der Waals surface area contributed by atoms with Crippen molar-refractivity contribution in [1.29, 1.82) is 0 Å². The summed E-state index contributed by atoms with van der Waals surface area (Å²) in [5, 5.41) is 3.09. The van der Waals surface area contributed by atoms with Crippen molar-refractivity contribution in [3.05, 3.63) is 0 Å². The third kappa shape index (κ3) is 1.78. The number of nitrogens with one attached hydrogen (secondary N) is 1. The molecule has 0 aromatic heterocycles. The summed E-state index contributed by atoms with van der Waals surface area (Å²) in [5.74, 6) is 2.39. The number of carbonyl (C=O) groups excluding carboxylic acids is 1. The molecule has 3 aliphatic rings. The fourth-order valence-electron chi connectivity index (χ4n) is 2.93. The van der Waals surface area contributed by atoms with Crippen LogP contribution >= 0.6 is 0 Å². The molecule has 1 N–H and O–H groups in total. The number of hydrogen-bond acceptors (Lipinski definition) is 2. The highest BCUT2D eigenvalue weighted by Crippen LogP contribution is 2.54. The Morgan fingerprint density at radius 2 is 2.00 bits per heavy atom. The zero-order chi connectivity index (χ0) is 10.5. The first-order chi connectivity index (χ1) is 7.16. The van der Waals surface area contributed by atoms with E-state index in [9.17, 15) is 4.79 Å². The Balaban J connectivity index is 1.45. The Kier molecular flexibility index (Phi) is 2.06. The molecule has 0 aromatic rings. The van der Waals surface area contributed by atoms with Crippen LogP contribution in [0.1, 0.15) is 26.2 Å². The zero-order valence-electron chi connectivity index (χ0n) is 9.29. The summed E-state index contributed by atoms with van der Waals surface area (Å²) in [7, 11) is 0. The molecule has 0 radical (unpaired) electrons. The maximum atomic E-state index is 11.8. The zero-order valence-corrected chi connectivity index (χ0v) is 9.29. The van der Waals surface area contributed by atoms with Crippen molar-refractivity contribution in [1.82, 2.24) is 5.32 Å². The highest BCUT2D eigenvalue weighted by molar-refractivity contribution is 5.79. The van der Waals surface area contributed by atoms with Crippen molar-refractivity contribution in [2.45, 2.75) is 26.2 Å². The van der Waals surface area contributed by atoms with Gasteiger partial charge in [0.1, 0.15) is 0 Å². The van der Waals surface area contributed by atoms with Crippen LogP contribution < -0.4 is 5.32 Å². The van der Waals surface area contributed by atoms with Crippen LogP contribution in [0.25, 0.3) is 0 Å². The summed E-state index contributed by atoms with van der Waals surface area (Å²) in [5.41, 5.74) is 0.206. The van der Waals surface area contributed by atoms with Crippen LogP contribution in [0.2, 0.25) is 0 Å². The van der Waals surface area contributed by atoms with Crippen LogP contribution in [-0.4, -0.2) is 25.7 Å². The van der Waals surface area contributed by atoms with E-state index < -0.39 is 0 Å². The second kappa shape index (κ2) is 3.21. The Hall–Kier alpha value is -0.570. The van der Waals surface area contributed by atoms with E-state index in [1.807, 2.05) is 0 Å². The van der Waals surface area contributed by atoms with Crippen LogP contribution in [0.3, 0.4) is 0 Å². The number of rotatable bonds is 3. The van der Waals surface area contributed by atoms with Gasteiger partial charge in [0.15, 0.2) is 0 Å². The minimum Gasteiger partial charge on any atom is -0.380 e. The van der Waals surface area contributed by atoms with Gasteiger partial charge in [0.05, 0.1) is 13.2 Å². The lowest BCUT2D eigenvalue weighted by Crippen LogP contribution is -2.49. The third-order valence-electron chi connectivity index (χ3n) is 4.20. The molecule has 1 aliphatic heterocycles. The SMILES string of the molecule is CC1(CNC(=O)C2CC3CC3C2)COC1. The van der Waals surface area contributed by atoms with E-state index in [0.717, 1.165) is 44.4 Å². The summed E-state index contributed by atoms with van der Waals surface area (Å²) < 4.78 is 5.17. The van der Waals surface area contributed by atoms with Gasteiger partial charge in [-0.05, 0) is 31.1 Å². The van der Waals surface area contributed by atoms with E-state index in [1.54, 1.807) is 0 Å². The molecular formula is C12H19NO2. The highest BCUT2D eigenvalue weighted by atomic mass is 16.5. The second-order valence-corrected chi connectivity index (χ2v) is 5.95. The molecule has 2 saturated carbocycles.